The number of carbonyl (C=O) groups is 5. The molecule has 272 valence electrons. The Balaban J connectivity index is 1.30. The second-order valence-corrected chi connectivity index (χ2v) is 13.2. The van der Waals surface area contributed by atoms with Gasteiger partial charge in [0.05, 0.1) is 18.2 Å². The summed E-state index contributed by atoms with van der Waals surface area (Å²) < 4.78 is 11.4. The second-order valence-electron chi connectivity index (χ2n) is 13.2. The fourth-order valence-electron chi connectivity index (χ4n) is 6.60. The number of pyridine rings is 1. The lowest BCUT2D eigenvalue weighted by atomic mass is 9.99. The number of piperazine rings is 1. The van der Waals surface area contributed by atoms with E-state index >= 15 is 0 Å². The molecular weight excluding hydrogens is 654 g/mol. The number of likely N-dealkylation sites (tertiary alicyclic amines) is 1. The minimum absolute atomic E-state index is 0.0386. The highest BCUT2D eigenvalue weighted by Gasteiger charge is 2.33. The van der Waals surface area contributed by atoms with Crippen molar-refractivity contribution in [2.75, 3.05) is 45.9 Å². The van der Waals surface area contributed by atoms with Gasteiger partial charge in [-0.15, -0.1) is 0 Å². The van der Waals surface area contributed by atoms with Crippen molar-refractivity contribution in [2.24, 2.45) is 0 Å². The van der Waals surface area contributed by atoms with Crippen LogP contribution in [0.15, 0.2) is 48.5 Å². The molecule has 1 aromatic heterocycles. The molecule has 0 aliphatic carbocycles. The highest BCUT2D eigenvalue weighted by Crippen LogP contribution is 2.34. The van der Waals surface area contributed by atoms with Crippen LogP contribution in [0.5, 0.6) is 5.75 Å². The monoisotopic (exact) mass is 701 g/mol. The zero-order valence-electron chi connectivity index (χ0n) is 29.6. The fourth-order valence-corrected chi connectivity index (χ4v) is 6.60. The molecule has 2 aromatic carbocycles. The van der Waals surface area contributed by atoms with Crippen LogP contribution in [0.4, 0.5) is 4.79 Å². The van der Waals surface area contributed by atoms with Gasteiger partial charge in [-0.25, -0.2) is 9.78 Å². The van der Waals surface area contributed by atoms with Gasteiger partial charge in [-0.1, -0.05) is 43.7 Å². The maximum atomic E-state index is 13.7. The largest absolute Gasteiger partial charge is 0.483 e. The van der Waals surface area contributed by atoms with Crippen LogP contribution >= 0.6 is 0 Å². The fraction of sp³-hybridized carbons (Fsp3) is 0.474. The molecule has 0 radical (unpaired) electrons. The smallest absolute Gasteiger partial charge is 0.409 e. The highest BCUT2D eigenvalue weighted by molar-refractivity contribution is 5.99. The summed E-state index contributed by atoms with van der Waals surface area (Å²) in [5.74, 6) is -2.12. The Labute approximate surface area is 297 Å². The summed E-state index contributed by atoms with van der Waals surface area (Å²) in [7, 11) is 0. The predicted octanol–water partition coefficient (Wildman–Crippen LogP) is 4.64. The second kappa shape index (κ2) is 17.1. The first-order valence-electron chi connectivity index (χ1n) is 17.7. The van der Waals surface area contributed by atoms with Crippen molar-refractivity contribution >= 4 is 40.7 Å². The summed E-state index contributed by atoms with van der Waals surface area (Å²) in [4.78, 5) is 74.2. The zero-order valence-corrected chi connectivity index (χ0v) is 29.6. The summed E-state index contributed by atoms with van der Waals surface area (Å²) in [5.41, 5.74) is 3.57. The van der Waals surface area contributed by atoms with E-state index < -0.39 is 29.9 Å². The molecule has 3 heterocycles. The minimum Gasteiger partial charge on any atom is -0.483 e. The van der Waals surface area contributed by atoms with Crippen molar-refractivity contribution in [2.45, 2.75) is 71.4 Å². The van der Waals surface area contributed by atoms with Gasteiger partial charge in [0.15, 0.2) is 6.61 Å². The molecule has 5 rings (SSSR count). The molecule has 4 amide bonds. The number of benzene rings is 2. The number of aromatic nitrogens is 1. The molecule has 13 nitrogen and oxygen atoms in total. The van der Waals surface area contributed by atoms with Gasteiger partial charge in [-0.05, 0) is 68.4 Å². The Kier molecular flexibility index (Phi) is 12.5. The molecule has 0 bridgehead atoms. The van der Waals surface area contributed by atoms with Gasteiger partial charge in [-0.3, -0.25) is 19.2 Å². The third-order valence-electron chi connectivity index (χ3n) is 9.46. The number of hydrogen-bond acceptors (Lipinski definition) is 8. The number of unbranched alkanes of at least 4 members (excludes halogenated alkanes) is 1. The van der Waals surface area contributed by atoms with Gasteiger partial charge in [-0.2, -0.15) is 0 Å². The van der Waals surface area contributed by atoms with Crippen molar-refractivity contribution in [3.63, 3.8) is 0 Å². The van der Waals surface area contributed by atoms with Gasteiger partial charge in [0.2, 0.25) is 5.91 Å². The van der Waals surface area contributed by atoms with E-state index in [1.54, 1.807) is 6.07 Å². The average Bonchev–Trinajstić information content (AvgIpc) is 3.61. The number of carboxylic acids is 1. The molecule has 2 saturated heterocycles. The molecule has 0 spiro atoms. The van der Waals surface area contributed by atoms with E-state index in [1.807, 2.05) is 56.0 Å². The van der Waals surface area contributed by atoms with E-state index in [0.29, 0.717) is 29.8 Å². The SMILES string of the molecule is CCCCOC(=O)N1CCN(C(=O)C(CCC(=O)O)NC(=O)c2cc(OCC(=O)N3CCCC3c3ccccc3C)c3ccc(C)cc3n2)CC1. The number of fused-ring (bicyclic) bond motifs is 1. The summed E-state index contributed by atoms with van der Waals surface area (Å²) >= 11 is 0. The van der Waals surface area contributed by atoms with Crippen LogP contribution in [0.2, 0.25) is 0 Å². The maximum Gasteiger partial charge on any atom is 0.409 e. The number of aryl methyl sites for hydroxylation is 2. The first kappa shape index (κ1) is 37.1. The molecule has 51 heavy (non-hydrogen) atoms. The molecule has 2 fully saturated rings. The van der Waals surface area contributed by atoms with E-state index in [0.717, 1.165) is 42.4 Å². The molecule has 2 atom stereocenters. The Morgan fingerprint density at radius 2 is 1.73 bits per heavy atom. The van der Waals surface area contributed by atoms with Crippen LogP contribution in [-0.4, -0.2) is 107 Å². The topological polar surface area (TPSA) is 159 Å². The quantitative estimate of drug-likeness (QED) is 0.242. The lowest BCUT2D eigenvalue weighted by Gasteiger charge is -2.36. The number of carbonyl (C=O) groups excluding carboxylic acids is 4. The van der Waals surface area contributed by atoms with Crippen LogP contribution in [0.25, 0.3) is 10.9 Å². The van der Waals surface area contributed by atoms with Crippen molar-refractivity contribution in [3.8, 4) is 5.75 Å². The van der Waals surface area contributed by atoms with Gasteiger partial charge < -0.3 is 34.6 Å². The Morgan fingerprint density at radius 1 is 0.980 bits per heavy atom. The van der Waals surface area contributed by atoms with Crippen molar-refractivity contribution in [3.05, 3.63) is 70.9 Å². The number of rotatable bonds is 13. The molecule has 3 aromatic rings. The van der Waals surface area contributed by atoms with Crippen molar-refractivity contribution < 1.29 is 38.6 Å². The van der Waals surface area contributed by atoms with Crippen LogP contribution in [-0.2, 0) is 19.1 Å². The van der Waals surface area contributed by atoms with E-state index in [4.69, 9.17) is 9.47 Å². The number of nitrogens with one attached hydrogen (secondary N) is 1. The Hall–Kier alpha value is -5.20. The summed E-state index contributed by atoms with van der Waals surface area (Å²) in [6.07, 6.45) is 2.49. The third-order valence-corrected chi connectivity index (χ3v) is 9.46. The minimum atomic E-state index is -1.15. The van der Waals surface area contributed by atoms with Crippen molar-refractivity contribution in [1.82, 2.24) is 25.0 Å². The van der Waals surface area contributed by atoms with Gasteiger partial charge >= 0.3 is 12.1 Å². The molecule has 2 unspecified atom stereocenters. The van der Waals surface area contributed by atoms with Crippen LogP contribution in [0.3, 0.4) is 0 Å². The Morgan fingerprint density at radius 3 is 2.45 bits per heavy atom. The summed E-state index contributed by atoms with van der Waals surface area (Å²) in [5, 5.41) is 12.7. The first-order valence-corrected chi connectivity index (χ1v) is 17.7. The normalized spacial score (nSPS) is 16.5. The number of ether oxygens (including phenoxy) is 2. The summed E-state index contributed by atoms with van der Waals surface area (Å²) in [6.45, 7) is 7.57. The van der Waals surface area contributed by atoms with E-state index in [1.165, 1.54) is 15.9 Å². The summed E-state index contributed by atoms with van der Waals surface area (Å²) in [6, 6.07) is 13.8. The van der Waals surface area contributed by atoms with Crippen LogP contribution < -0.4 is 10.1 Å². The number of hydrogen-bond donors (Lipinski definition) is 2. The van der Waals surface area contributed by atoms with Crippen LogP contribution in [0.1, 0.15) is 78.7 Å². The highest BCUT2D eigenvalue weighted by atomic mass is 16.6. The zero-order chi connectivity index (χ0) is 36.5. The van der Waals surface area contributed by atoms with Gasteiger partial charge in [0, 0.05) is 50.6 Å². The van der Waals surface area contributed by atoms with Crippen LogP contribution in [0, 0.1) is 13.8 Å². The maximum absolute atomic E-state index is 13.7. The molecule has 13 heteroatoms. The number of aliphatic carboxylic acids is 1. The number of amides is 4. The lowest BCUT2D eigenvalue weighted by Crippen LogP contribution is -2.56. The van der Waals surface area contributed by atoms with Crippen molar-refractivity contribution in [1.29, 1.82) is 0 Å². The molecule has 2 N–H and O–H groups in total. The van der Waals surface area contributed by atoms with Gasteiger partial charge in [0.1, 0.15) is 17.5 Å². The first-order chi connectivity index (χ1) is 24.5. The molecular formula is C38H47N5O8. The van der Waals surface area contributed by atoms with E-state index in [-0.39, 0.29) is 63.3 Å². The predicted molar refractivity (Wildman–Crippen MR) is 189 cm³/mol. The lowest BCUT2D eigenvalue weighted by molar-refractivity contribution is -0.138. The molecule has 2 aliphatic rings. The van der Waals surface area contributed by atoms with Gasteiger partial charge in [0.25, 0.3) is 11.8 Å². The molecule has 2 aliphatic heterocycles. The average molecular weight is 702 g/mol. The standard InChI is InChI=1S/C38H47N5O8/c1-4-5-21-50-38(49)42-19-17-41(18-20-42)37(48)29(14-15-35(45)46)40-36(47)31-23-33(28-13-12-25(2)22-30(28)39-31)51-24-34(44)43-16-8-11-32(43)27-10-7-6-9-26(27)3/h6-7,9-10,12-13,22-23,29,32H,4-5,8,11,14-21,24H2,1-3H3,(H,40,47)(H,45,46). The number of nitrogens with zero attached hydrogens (tertiary/aromatic N) is 4. The molecule has 0 saturated carbocycles. The van der Waals surface area contributed by atoms with E-state index in [9.17, 15) is 29.1 Å². The third kappa shape index (κ3) is 9.33. The number of carboxylic acid groups (broad SMARTS) is 1. The Bertz CT molecular complexity index is 1760. The van der Waals surface area contributed by atoms with E-state index in [2.05, 4.69) is 16.4 Å².